The van der Waals surface area contributed by atoms with Crippen LogP contribution in [0.25, 0.3) is 0 Å². The van der Waals surface area contributed by atoms with E-state index in [2.05, 4.69) is 12.1 Å². The number of hydrogen-bond acceptors (Lipinski definition) is 2. The van der Waals surface area contributed by atoms with Crippen LogP contribution in [0.1, 0.15) is 19.4 Å². The van der Waals surface area contributed by atoms with Gasteiger partial charge in [0.25, 0.3) is 0 Å². The van der Waals surface area contributed by atoms with E-state index in [4.69, 9.17) is 4.74 Å². The van der Waals surface area contributed by atoms with Gasteiger partial charge in [0.15, 0.2) is 0 Å². The van der Waals surface area contributed by atoms with E-state index in [1.165, 1.54) is 5.56 Å². The molecule has 1 amide bonds. The minimum absolute atomic E-state index is 0.0650. The number of benzene rings is 1. The van der Waals surface area contributed by atoms with Crippen LogP contribution in [0, 0.1) is 0 Å². The summed E-state index contributed by atoms with van der Waals surface area (Å²) < 4.78 is 5.39. The molecule has 0 N–H and O–H groups in total. The number of rotatable bonds is 6. The van der Waals surface area contributed by atoms with Gasteiger partial charge < -0.3 is 9.64 Å². The van der Waals surface area contributed by atoms with Crippen LogP contribution < -0.4 is 0 Å². The van der Waals surface area contributed by atoms with E-state index in [0.29, 0.717) is 6.54 Å². The van der Waals surface area contributed by atoms with E-state index in [-0.39, 0.29) is 11.5 Å². The van der Waals surface area contributed by atoms with E-state index < -0.39 is 0 Å². The smallest absolute Gasteiger partial charge is 0.246 e. The summed E-state index contributed by atoms with van der Waals surface area (Å²) in [7, 11) is 0. The average molecular weight is 259 g/mol. The van der Waals surface area contributed by atoms with Crippen molar-refractivity contribution < 1.29 is 9.53 Å². The van der Waals surface area contributed by atoms with E-state index in [1.807, 2.05) is 36.9 Å². The molecule has 0 spiro atoms. The lowest BCUT2D eigenvalue weighted by Crippen LogP contribution is -2.38. The van der Waals surface area contributed by atoms with E-state index >= 15 is 0 Å². The van der Waals surface area contributed by atoms with Crippen molar-refractivity contribution in [3.8, 4) is 0 Å². The number of carbonyl (C=O) groups is 1. The molecule has 1 unspecified atom stereocenters. The molecule has 1 fully saturated rings. The Bertz CT molecular complexity index is 449. The van der Waals surface area contributed by atoms with Crippen molar-refractivity contribution in [2.24, 2.45) is 0 Å². The highest BCUT2D eigenvalue weighted by Gasteiger charge is 2.41. The molecule has 1 saturated heterocycles. The zero-order valence-corrected chi connectivity index (χ0v) is 11.6. The van der Waals surface area contributed by atoms with Gasteiger partial charge in [0, 0.05) is 6.54 Å². The first kappa shape index (κ1) is 13.8. The Morgan fingerprint density at radius 3 is 2.68 bits per heavy atom. The fourth-order valence-electron chi connectivity index (χ4n) is 2.04. The standard InChI is InChI=1S/C16H21NO2/c1-3-7-15(18)17(12-16(2)13-19-16)11-10-14-8-5-4-6-9-14/h3-9H,10-13H2,1-2H3/b7-3+. The van der Waals surface area contributed by atoms with Gasteiger partial charge in [0.05, 0.1) is 13.2 Å². The highest BCUT2D eigenvalue weighted by Crippen LogP contribution is 2.27. The van der Waals surface area contributed by atoms with Crippen LogP contribution >= 0.6 is 0 Å². The Hall–Kier alpha value is -1.61. The molecule has 0 aliphatic carbocycles. The SMILES string of the molecule is C/C=C/C(=O)N(CCc1ccccc1)CC1(C)CO1. The van der Waals surface area contributed by atoms with Gasteiger partial charge in [-0.05, 0) is 31.9 Å². The Balaban J connectivity index is 1.95. The van der Waals surface area contributed by atoms with Gasteiger partial charge in [-0.3, -0.25) is 4.79 Å². The van der Waals surface area contributed by atoms with Gasteiger partial charge in [-0.15, -0.1) is 0 Å². The fourth-order valence-corrected chi connectivity index (χ4v) is 2.04. The highest BCUT2D eigenvalue weighted by atomic mass is 16.6. The Morgan fingerprint density at radius 1 is 1.42 bits per heavy atom. The normalized spacial score (nSPS) is 21.6. The monoisotopic (exact) mass is 259 g/mol. The zero-order valence-electron chi connectivity index (χ0n) is 11.6. The van der Waals surface area contributed by atoms with Crippen LogP contribution in [0.4, 0.5) is 0 Å². The molecule has 1 aromatic rings. The number of hydrogen-bond donors (Lipinski definition) is 0. The van der Waals surface area contributed by atoms with Gasteiger partial charge in [-0.1, -0.05) is 36.4 Å². The summed E-state index contributed by atoms with van der Waals surface area (Å²) in [5.41, 5.74) is 1.12. The third kappa shape index (κ3) is 4.21. The average Bonchev–Trinajstić information content (AvgIpc) is 3.14. The molecular formula is C16H21NO2. The van der Waals surface area contributed by atoms with Crippen LogP contribution in [0.5, 0.6) is 0 Å². The van der Waals surface area contributed by atoms with Crippen LogP contribution in [-0.4, -0.2) is 36.1 Å². The fraction of sp³-hybridized carbons (Fsp3) is 0.438. The van der Waals surface area contributed by atoms with Crippen molar-refractivity contribution in [3.63, 3.8) is 0 Å². The molecule has 3 heteroatoms. The molecule has 1 aromatic carbocycles. The first-order chi connectivity index (χ1) is 9.13. The van der Waals surface area contributed by atoms with Crippen LogP contribution in [0.3, 0.4) is 0 Å². The molecule has 0 aromatic heterocycles. The Morgan fingerprint density at radius 2 is 2.11 bits per heavy atom. The van der Waals surface area contributed by atoms with E-state index in [9.17, 15) is 4.79 Å². The second-order valence-corrected chi connectivity index (χ2v) is 5.23. The number of nitrogens with zero attached hydrogens (tertiary/aromatic N) is 1. The van der Waals surface area contributed by atoms with Crippen molar-refractivity contribution in [2.45, 2.75) is 25.9 Å². The summed E-state index contributed by atoms with van der Waals surface area (Å²) in [4.78, 5) is 13.9. The van der Waals surface area contributed by atoms with Crippen LogP contribution in [-0.2, 0) is 16.0 Å². The summed E-state index contributed by atoms with van der Waals surface area (Å²) >= 11 is 0. The van der Waals surface area contributed by atoms with Crippen LogP contribution in [0.15, 0.2) is 42.5 Å². The van der Waals surface area contributed by atoms with Crippen molar-refractivity contribution in [1.29, 1.82) is 0 Å². The van der Waals surface area contributed by atoms with Gasteiger partial charge in [-0.2, -0.15) is 0 Å². The predicted octanol–water partition coefficient (Wildman–Crippen LogP) is 2.42. The minimum Gasteiger partial charge on any atom is -0.368 e. The summed E-state index contributed by atoms with van der Waals surface area (Å²) in [5, 5.41) is 0. The lowest BCUT2D eigenvalue weighted by Gasteiger charge is -2.23. The van der Waals surface area contributed by atoms with Crippen LogP contribution in [0.2, 0.25) is 0 Å². The molecule has 1 aliphatic rings. The van der Waals surface area contributed by atoms with Gasteiger partial charge in [-0.25, -0.2) is 0 Å². The molecule has 3 nitrogen and oxygen atoms in total. The minimum atomic E-state index is -0.131. The van der Waals surface area contributed by atoms with Crippen molar-refractivity contribution in [3.05, 3.63) is 48.0 Å². The number of amides is 1. The predicted molar refractivity (Wildman–Crippen MR) is 75.9 cm³/mol. The Kier molecular flexibility index (Phi) is 4.38. The maximum Gasteiger partial charge on any atom is 0.246 e. The molecule has 0 saturated carbocycles. The maximum atomic E-state index is 12.1. The van der Waals surface area contributed by atoms with E-state index in [1.54, 1.807) is 12.2 Å². The summed E-state index contributed by atoms with van der Waals surface area (Å²) in [6, 6.07) is 10.2. The number of ether oxygens (including phenoxy) is 1. The maximum absolute atomic E-state index is 12.1. The highest BCUT2D eigenvalue weighted by molar-refractivity contribution is 5.87. The molecule has 0 bridgehead atoms. The Labute approximate surface area is 114 Å². The molecule has 1 atom stereocenters. The molecule has 1 aliphatic heterocycles. The second kappa shape index (κ2) is 6.02. The lowest BCUT2D eigenvalue weighted by atomic mass is 10.1. The zero-order chi connectivity index (χ0) is 13.7. The molecule has 2 rings (SSSR count). The lowest BCUT2D eigenvalue weighted by molar-refractivity contribution is -0.126. The first-order valence-electron chi connectivity index (χ1n) is 6.72. The summed E-state index contributed by atoms with van der Waals surface area (Å²) in [5.74, 6) is 0.0650. The van der Waals surface area contributed by atoms with E-state index in [0.717, 1.165) is 19.6 Å². The molecular weight excluding hydrogens is 238 g/mol. The van der Waals surface area contributed by atoms with Gasteiger partial charge >= 0.3 is 0 Å². The quantitative estimate of drug-likeness (QED) is 0.580. The molecule has 102 valence electrons. The topological polar surface area (TPSA) is 32.8 Å². The number of carbonyl (C=O) groups excluding carboxylic acids is 1. The molecule has 0 radical (unpaired) electrons. The third-order valence-corrected chi connectivity index (χ3v) is 3.30. The molecule has 19 heavy (non-hydrogen) atoms. The molecule has 1 heterocycles. The summed E-state index contributed by atoms with van der Waals surface area (Å²) in [6.45, 7) is 6.06. The number of allylic oxidation sites excluding steroid dienone is 1. The first-order valence-corrected chi connectivity index (χ1v) is 6.72. The summed E-state index contributed by atoms with van der Waals surface area (Å²) in [6.07, 6.45) is 4.28. The van der Waals surface area contributed by atoms with Crippen molar-refractivity contribution in [2.75, 3.05) is 19.7 Å². The van der Waals surface area contributed by atoms with Crippen molar-refractivity contribution >= 4 is 5.91 Å². The third-order valence-electron chi connectivity index (χ3n) is 3.30. The number of epoxide rings is 1. The second-order valence-electron chi connectivity index (χ2n) is 5.23. The van der Waals surface area contributed by atoms with Crippen molar-refractivity contribution in [1.82, 2.24) is 4.90 Å². The van der Waals surface area contributed by atoms with Gasteiger partial charge in [0.1, 0.15) is 5.60 Å². The largest absolute Gasteiger partial charge is 0.368 e. The van der Waals surface area contributed by atoms with Gasteiger partial charge in [0.2, 0.25) is 5.91 Å².